The van der Waals surface area contributed by atoms with Gasteiger partial charge in [0.05, 0.1) is 23.0 Å². The standard InChI is InChI=1S/2C23H21O.C2H6Si.2ClH.Zr/c2*1-4-17-10-11-19-13-20(22-12-15(2)16(3)24-22)14-21(19)23(17)18-8-6-5-7-9-18;1-3-2;;;/h2*5-14H,4H2,1-3H3;1-2H3;2*1H;/q2*-1;;;;+2/p-2. The molecule has 6 heteroatoms. The van der Waals surface area contributed by atoms with Gasteiger partial charge in [-0.05, 0) is 86.1 Å². The van der Waals surface area contributed by atoms with Crippen LogP contribution in [0.4, 0.5) is 0 Å². The summed E-state index contributed by atoms with van der Waals surface area (Å²) in [6, 6.07) is 43.6. The van der Waals surface area contributed by atoms with Crippen LogP contribution >= 0.6 is 17.0 Å². The Morgan fingerprint density at radius 1 is 0.556 bits per heavy atom. The van der Waals surface area contributed by atoms with E-state index in [4.69, 9.17) is 25.9 Å². The van der Waals surface area contributed by atoms with Gasteiger partial charge in [-0.1, -0.05) is 109 Å². The molecule has 0 aliphatic rings. The summed E-state index contributed by atoms with van der Waals surface area (Å²) in [6.45, 7) is 17.0. The van der Waals surface area contributed by atoms with E-state index in [0.717, 1.165) is 47.0 Å². The maximum absolute atomic E-state index is 5.93. The van der Waals surface area contributed by atoms with Crippen LogP contribution in [-0.2, 0) is 30.8 Å². The zero-order valence-corrected chi connectivity index (χ0v) is 37.5. The van der Waals surface area contributed by atoms with Crippen molar-refractivity contribution in [3.05, 3.63) is 155 Å². The Balaban J connectivity index is 0.000000160. The normalized spacial score (nSPS) is 10.9. The van der Waals surface area contributed by atoms with Crippen molar-refractivity contribution >= 4 is 44.0 Å². The van der Waals surface area contributed by atoms with Crippen LogP contribution in [0.5, 0.6) is 0 Å². The Morgan fingerprint density at radius 3 is 1.22 bits per heavy atom. The first kappa shape index (κ1) is 40.0. The predicted octanol–water partition coefficient (Wildman–Crippen LogP) is 15.5. The first-order valence-electron chi connectivity index (χ1n) is 18.7. The van der Waals surface area contributed by atoms with E-state index in [-0.39, 0.29) is 5.43 Å². The molecule has 2 nitrogen and oxygen atoms in total. The van der Waals surface area contributed by atoms with Gasteiger partial charge in [-0.3, -0.25) is 0 Å². The van der Waals surface area contributed by atoms with Gasteiger partial charge in [0.1, 0.15) is 0 Å². The Hall–Kier alpha value is -3.66. The van der Waals surface area contributed by atoms with E-state index in [0.29, 0.717) is 0 Å². The van der Waals surface area contributed by atoms with Gasteiger partial charge in [0.2, 0.25) is 0 Å². The number of hydrogen-bond donors (Lipinski definition) is 0. The molecule has 0 bridgehead atoms. The quantitative estimate of drug-likeness (QED) is 0.123. The van der Waals surface area contributed by atoms with Gasteiger partial charge in [0, 0.05) is 0 Å². The molecule has 54 heavy (non-hydrogen) atoms. The fourth-order valence-electron chi connectivity index (χ4n) is 6.85. The maximum atomic E-state index is 5.93. The molecule has 0 saturated carbocycles. The molecule has 8 rings (SSSR count). The minimum atomic E-state index is -1.65. The van der Waals surface area contributed by atoms with Gasteiger partial charge < -0.3 is 8.83 Å². The Bertz CT molecular complexity index is 2320. The van der Waals surface area contributed by atoms with E-state index in [1.54, 1.807) is 0 Å². The summed E-state index contributed by atoms with van der Waals surface area (Å²) < 4.78 is 11.9. The van der Waals surface area contributed by atoms with Gasteiger partial charge in [-0.25, -0.2) is 0 Å². The van der Waals surface area contributed by atoms with Gasteiger partial charge >= 0.3 is 53.5 Å². The molecule has 276 valence electrons. The molecule has 0 spiro atoms. The molecule has 0 atom stereocenters. The van der Waals surface area contributed by atoms with Crippen molar-refractivity contribution in [2.45, 2.75) is 67.5 Å². The van der Waals surface area contributed by atoms with Crippen LogP contribution < -0.4 is 0 Å². The predicted molar refractivity (Wildman–Crippen MR) is 232 cm³/mol. The summed E-state index contributed by atoms with van der Waals surface area (Å²) in [4.78, 5) is 0. The van der Waals surface area contributed by atoms with Gasteiger partial charge in [0.15, 0.2) is 0 Å². The summed E-state index contributed by atoms with van der Waals surface area (Å²) >= 11 is -1.65. The summed E-state index contributed by atoms with van der Waals surface area (Å²) in [5, 5.41) is 5.16. The molecule has 2 heterocycles. The fourth-order valence-corrected chi connectivity index (χ4v) is 6.85. The zero-order chi connectivity index (χ0) is 38.5. The van der Waals surface area contributed by atoms with Crippen molar-refractivity contribution in [1.29, 1.82) is 0 Å². The average molecular weight is 847 g/mol. The van der Waals surface area contributed by atoms with Crippen LogP contribution in [-0.4, -0.2) is 5.43 Å². The second-order valence-corrected chi connectivity index (χ2v) is 37.1. The third-order valence-electron chi connectivity index (χ3n) is 10.1. The third kappa shape index (κ3) is 8.90. The monoisotopic (exact) mass is 844 g/mol. The summed E-state index contributed by atoms with van der Waals surface area (Å²) in [5.41, 5.74) is 12.5. The number of benzene rings is 4. The summed E-state index contributed by atoms with van der Waals surface area (Å²) in [5.74, 6) is 3.90. The molecule has 2 aromatic heterocycles. The van der Waals surface area contributed by atoms with Crippen LogP contribution in [0.15, 0.2) is 130 Å². The fraction of sp³-hybridized carbons (Fsp3) is 0.208. The van der Waals surface area contributed by atoms with E-state index < -0.39 is 18.0 Å². The van der Waals surface area contributed by atoms with E-state index in [2.05, 4.69) is 162 Å². The van der Waals surface area contributed by atoms with Crippen molar-refractivity contribution in [2.24, 2.45) is 0 Å². The molecule has 0 N–H and O–H groups in total. The Labute approximate surface area is 335 Å². The van der Waals surface area contributed by atoms with E-state index in [1.165, 1.54) is 66.1 Å². The molecule has 0 radical (unpaired) electrons. The topological polar surface area (TPSA) is 26.3 Å². The number of aryl methyl sites for hydroxylation is 6. The Kier molecular flexibility index (Phi) is 13.2. The molecular formula is C48H48Cl2O2SiZr-2. The molecule has 0 amide bonds. The second-order valence-electron chi connectivity index (χ2n) is 14.1. The van der Waals surface area contributed by atoms with Crippen molar-refractivity contribution < 1.29 is 26.8 Å². The van der Waals surface area contributed by atoms with E-state index in [9.17, 15) is 0 Å². The number of rotatable bonds is 6. The van der Waals surface area contributed by atoms with Crippen molar-refractivity contribution in [3.63, 3.8) is 0 Å². The number of furan rings is 2. The van der Waals surface area contributed by atoms with Gasteiger partial charge in [-0.2, -0.15) is 0 Å². The van der Waals surface area contributed by atoms with Crippen molar-refractivity contribution in [1.82, 2.24) is 0 Å². The minimum absolute atomic E-state index is 0.224. The van der Waals surface area contributed by atoms with E-state index in [1.807, 2.05) is 13.8 Å². The van der Waals surface area contributed by atoms with Crippen LogP contribution in [0, 0.1) is 27.7 Å². The number of hydrogen-bond acceptors (Lipinski definition) is 2. The summed E-state index contributed by atoms with van der Waals surface area (Å²) in [7, 11) is 11.2. The molecule has 0 aliphatic carbocycles. The summed E-state index contributed by atoms with van der Waals surface area (Å²) in [6.07, 6.45) is 2.05. The molecular weight excluding hydrogens is 799 g/mol. The van der Waals surface area contributed by atoms with Crippen LogP contribution in [0.3, 0.4) is 0 Å². The molecule has 0 fully saturated rings. The van der Waals surface area contributed by atoms with Gasteiger partial charge in [-0.15, -0.1) is 57.9 Å². The molecule has 0 unspecified atom stereocenters. The third-order valence-corrected chi connectivity index (χ3v) is 29.9. The molecule has 8 aromatic rings. The van der Waals surface area contributed by atoms with Crippen LogP contribution in [0.2, 0.25) is 13.1 Å². The second kappa shape index (κ2) is 17.9. The first-order chi connectivity index (χ1) is 26.0. The van der Waals surface area contributed by atoms with Crippen molar-refractivity contribution in [3.8, 4) is 44.9 Å². The zero-order valence-electron chi connectivity index (χ0n) is 32.5. The van der Waals surface area contributed by atoms with E-state index >= 15 is 0 Å². The first-order valence-corrected chi connectivity index (χ1v) is 31.2. The Morgan fingerprint density at radius 2 is 0.926 bits per heavy atom. The van der Waals surface area contributed by atoms with Crippen LogP contribution in [0.25, 0.3) is 66.4 Å². The SMILES string of the molecule is CCc1ccc2[cH-]c(-c3cc(C)c(C)o3)cc2c1-c1ccccc1.CCc1ccc2[cH-]c(-c3cc(C)c(C)o3)cc2c1-c1ccccc1.C[Si](C)=[Zr]([Cl])[Cl]. The number of fused-ring (bicyclic) bond motifs is 2. The molecule has 6 aromatic carbocycles. The molecule has 0 aliphatic heterocycles. The van der Waals surface area contributed by atoms with Gasteiger partial charge in [0.25, 0.3) is 0 Å². The van der Waals surface area contributed by atoms with Crippen LogP contribution in [0.1, 0.15) is 47.6 Å². The number of halogens is 2. The molecule has 0 saturated heterocycles. The van der Waals surface area contributed by atoms with Crippen molar-refractivity contribution in [2.75, 3.05) is 0 Å². The average Bonchev–Trinajstić information content (AvgIpc) is 3.97.